The highest BCUT2D eigenvalue weighted by Gasteiger charge is 2.20. The van der Waals surface area contributed by atoms with Crippen LogP contribution in [0, 0.1) is 0 Å². The molecular formula is C18H17ClN4O2. The molecular weight excluding hydrogens is 340 g/mol. The molecule has 0 bridgehead atoms. The van der Waals surface area contributed by atoms with Gasteiger partial charge in [-0.2, -0.15) is 4.98 Å². The van der Waals surface area contributed by atoms with Gasteiger partial charge >= 0.3 is 5.69 Å². The molecule has 1 fully saturated rings. The summed E-state index contributed by atoms with van der Waals surface area (Å²) in [6.45, 7) is 2.75. The SMILES string of the molecule is Nc1nc(=O)n(-c2ccccc2)c2cc(Cl)cc(N3CCOCC3)c12. The van der Waals surface area contributed by atoms with Gasteiger partial charge in [0.05, 0.1) is 35.5 Å². The van der Waals surface area contributed by atoms with Crippen molar-refractivity contribution in [3.63, 3.8) is 0 Å². The fourth-order valence-electron chi connectivity index (χ4n) is 3.21. The third-order valence-electron chi connectivity index (χ3n) is 4.33. The molecule has 0 unspecified atom stereocenters. The van der Waals surface area contributed by atoms with Crippen LogP contribution in [0.3, 0.4) is 0 Å². The summed E-state index contributed by atoms with van der Waals surface area (Å²) in [5.41, 5.74) is 7.96. The number of rotatable bonds is 2. The number of nitrogens with two attached hydrogens (primary N) is 1. The highest BCUT2D eigenvalue weighted by molar-refractivity contribution is 6.32. The van der Waals surface area contributed by atoms with Gasteiger partial charge in [0.1, 0.15) is 5.82 Å². The van der Waals surface area contributed by atoms with Crippen molar-refractivity contribution in [2.45, 2.75) is 0 Å². The standard InChI is InChI=1S/C18H17ClN4O2/c19-12-10-14(22-6-8-25-9-7-22)16-15(11-12)23(18(24)21-17(16)20)13-4-2-1-3-5-13/h1-5,10-11H,6-9H2,(H2,20,21,24). The molecule has 0 radical (unpaired) electrons. The van der Waals surface area contributed by atoms with Crippen molar-refractivity contribution in [1.82, 2.24) is 9.55 Å². The van der Waals surface area contributed by atoms with Crippen molar-refractivity contribution in [2.24, 2.45) is 0 Å². The Balaban J connectivity index is 2.05. The van der Waals surface area contributed by atoms with Crippen molar-refractivity contribution in [3.05, 3.63) is 58.0 Å². The molecule has 2 aromatic carbocycles. The Morgan fingerprint density at radius 1 is 1.12 bits per heavy atom. The van der Waals surface area contributed by atoms with E-state index >= 15 is 0 Å². The van der Waals surface area contributed by atoms with Crippen LogP contribution in [0.1, 0.15) is 0 Å². The lowest BCUT2D eigenvalue weighted by atomic mass is 10.1. The van der Waals surface area contributed by atoms with Crippen LogP contribution in [0.25, 0.3) is 16.6 Å². The summed E-state index contributed by atoms with van der Waals surface area (Å²) in [6, 6.07) is 13.0. The van der Waals surface area contributed by atoms with Gasteiger partial charge in [-0.15, -0.1) is 0 Å². The van der Waals surface area contributed by atoms with Crippen LogP contribution >= 0.6 is 11.6 Å². The number of para-hydroxylation sites is 1. The summed E-state index contributed by atoms with van der Waals surface area (Å²) in [5.74, 6) is 0.213. The van der Waals surface area contributed by atoms with Crippen LogP contribution in [-0.4, -0.2) is 35.9 Å². The molecule has 1 aliphatic rings. The molecule has 7 heteroatoms. The average molecular weight is 357 g/mol. The van der Waals surface area contributed by atoms with E-state index in [1.165, 1.54) is 0 Å². The summed E-state index contributed by atoms with van der Waals surface area (Å²) >= 11 is 6.37. The van der Waals surface area contributed by atoms with Crippen molar-refractivity contribution in [2.75, 3.05) is 36.9 Å². The molecule has 0 atom stereocenters. The van der Waals surface area contributed by atoms with Crippen LogP contribution < -0.4 is 16.3 Å². The zero-order valence-corrected chi connectivity index (χ0v) is 14.2. The van der Waals surface area contributed by atoms with Crippen LogP contribution in [0.4, 0.5) is 11.5 Å². The van der Waals surface area contributed by atoms with Gasteiger partial charge in [0, 0.05) is 18.1 Å². The molecule has 4 rings (SSSR count). The number of fused-ring (bicyclic) bond motifs is 1. The number of benzene rings is 2. The minimum atomic E-state index is -0.425. The molecule has 0 spiro atoms. The maximum atomic E-state index is 12.5. The Labute approximate surface area is 149 Å². The van der Waals surface area contributed by atoms with E-state index in [1.807, 2.05) is 36.4 Å². The van der Waals surface area contributed by atoms with Gasteiger partial charge in [-0.25, -0.2) is 4.79 Å². The topological polar surface area (TPSA) is 73.4 Å². The second-order valence-corrected chi connectivity index (χ2v) is 6.31. The largest absolute Gasteiger partial charge is 0.383 e. The Bertz CT molecular complexity index is 982. The molecule has 25 heavy (non-hydrogen) atoms. The fraction of sp³-hybridized carbons (Fsp3) is 0.222. The number of nitrogens with zero attached hydrogens (tertiary/aromatic N) is 3. The van der Waals surface area contributed by atoms with E-state index in [-0.39, 0.29) is 5.82 Å². The number of aromatic nitrogens is 2. The normalized spacial score (nSPS) is 14.8. The third-order valence-corrected chi connectivity index (χ3v) is 4.55. The molecule has 2 heterocycles. The van der Waals surface area contributed by atoms with Gasteiger partial charge in [-0.1, -0.05) is 29.8 Å². The molecule has 6 nitrogen and oxygen atoms in total. The lowest BCUT2D eigenvalue weighted by molar-refractivity contribution is 0.123. The zero-order valence-electron chi connectivity index (χ0n) is 13.5. The summed E-state index contributed by atoms with van der Waals surface area (Å²) in [4.78, 5) is 18.8. The first kappa shape index (κ1) is 15.9. The Hall–Kier alpha value is -2.57. The predicted molar refractivity (Wildman–Crippen MR) is 99.8 cm³/mol. The fourth-order valence-corrected chi connectivity index (χ4v) is 3.42. The van der Waals surface area contributed by atoms with E-state index < -0.39 is 5.69 Å². The maximum absolute atomic E-state index is 12.5. The number of hydrogen-bond donors (Lipinski definition) is 1. The monoisotopic (exact) mass is 356 g/mol. The molecule has 0 amide bonds. The summed E-state index contributed by atoms with van der Waals surface area (Å²) in [7, 11) is 0. The van der Waals surface area contributed by atoms with Gasteiger partial charge in [-0.3, -0.25) is 4.57 Å². The van der Waals surface area contributed by atoms with E-state index in [2.05, 4.69) is 9.88 Å². The predicted octanol–water partition coefficient (Wildman–Crippen LogP) is 2.46. The van der Waals surface area contributed by atoms with E-state index in [0.717, 1.165) is 29.9 Å². The maximum Gasteiger partial charge on any atom is 0.354 e. The van der Waals surface area contributed by atoms with E-state index in [4.69, 9.17) is 22.1 Å². The van der Waals surface area contributed by atoms with Gasteiger partial charge in [-0.05, 0) is 24.3 Å². The van der Waals surface area contributed by atoms with Gasteiger partial charge in [0.15, 0.2) is 0 Å². The molecule has 3 aromatic rings. The lowest BCUT2D eigenvalue weighted by Crippen LogP contribution is -2.36. The van der Waals surface area contributed by atoms with Crippen molar-refractivity contribution >= 4 is 34.0 Å². The summed E-state index contributed by atoms with van der Waals surface area (Å²) in [5, 5.41) is 1.28. The molecule has 0 saturated carbocycles. The lowest BCUT2D eigenvalue weighted by Gasteiger charge is -2.30. The van der Waals surface area contributed by atoms with Gasteiger partial charge < -0.3 is 15.4 Å². The number of hydrogen-bond acceptors (Lipinski definition) is 5. The number of anilines is 2. The zero-order chi connectivity index (χ0) is 17.4. The molecule has 1 aromatic heterocycles. The Kier molecular flexibility index (Phi) is 4.07. The van der Waals surface area contributed by atoms with E-state index in [1.54, 1.807) is 10.6 Å². The second kappa shape index (κ2) is 6.38. The third kappa shape index (κ3) is 2.83. The van der Waals surface area contributed by atoms with Crippen LogP contribution in [0.5, 0.6) is 0 Å². The van der Waals surface area contributed by atoms with Gasteiger partial charge in [0.2, 0.25) is 0 Å². The van der Waals surface area contributed by atoms with Crippen LogP contribution in [0.2, 0.25) is 5.02 Å². The van der Waals surface area contributed by atoms with Crippen LogP contribution in [-0.2, 0) is 4.74 Å². The molecule has 0 aliphatic carbocycles. The molecule has 1 aliphatic heterocycles. The number of ether oxygens (including phenoxy) is 1. The number of nitrogen functional groups attached to an aromatic ring is 1. The molecule has 128 valence electrons. The Morgan fingerprint density at radius 2 is 1.84 bits per heavy atom. The highest BCUT2D eigenvalue weighted by Crippen LogP contribution is 2.34. The first-order chi connectivity index (χ1) is 12.1. The van der Waals surface area contributed by atoms with Crippen molar-refractivity contribution < 1.29 is 4.74 Å². The second-order valence-electron chi connectivity index (χ2n) is 5.87. The minimum Gasteiger partial charge on any atom is -0.383 e. The number of morpholine rings is 1. The first-order valence-electron chi connectivity index (χ1n) is 8.05. The van der Waals surface area contributed by atoms with Crippen molar-refractivity contribution in [1.29, 1.82) is 0 Å². The van der Waals surface area contributed by atoms with E-state index in [0.29, 0.717) is 23.8 Å². The summed E-state index contributed by atoms with van der Waals surface area (Å²) < 4.78 is 6.97. The Morgan fingerprint density at radius 3 is 2.56 bits per heavy atom. The highest BCUT2D eigenvalue weighted by atomic mass is 35.5. The average Bonchev–Trinajstić information content (AvgIpc) is 2.62. The smallest absolute Gasteiger partial charge is 0.354 e. The van der Waals surface area contributed by atoms with Crippen LogP contribution in [0.15, 0.2) is 47.3 Å². The molecule has 2 N–H and O–H groups in total. The quantitative estimate of drug-likeness (QED) is 0.763. The van der Waals surface area contributed by atoms with Crippen molar-refractivity contribution in [3.8, 4) is 5.69 Å². The molecule has 1 saturated heterocycles. The summed E-state index contributed by atoms with van der Waals surface area (Å²) in [6.07, 6.45) is 0. The van der Waals surface area contributed by atoms with E-state index in [9.17, 15) is 4.79 Å². The van der Waals surface area contributed by atoms with Gasteiger partial charge in [0.25, 0.3) is 0 Å². The first-order valence-corrected chi connectivity index (χ1v) is 8.43. The minimum absolute atomic E-state index is 0.213. The number of halogens is 1.